The predicted octanol–water partition coefficient (Wildman–Crippen LogP) is 1.50. The number of hydrogen-bond acceptors (Lipinski definition) is 6. The third kappa shape index (κ3) is 5.37. The minimum Gasteiger partial charge on any atom is -0.450 e. The van der Waals surface area contributed by atoms with E-state index in [0.717, 1.165) is 44.9 Å². The fraction of sp³-hybridized carbons (Fsp3) is 0.808. The van der Waals surface area contributed by atoms with Crippen LogP contribution in [-0.2, 0) is 23.9 Å². The molecule has 3 aliphatic carbocycles. The van der Waals surface area contributed by atoms with Crippen LogP contribution in [0.5, 0.6) is 0 Å². The highest BCUT2D eigenvalue weighted by atomic mass is 16.5. The van der Waals surface area contributed by atoms with Crippen LogP contribution in [0.15, 0.2) is 0 Å². The summed E-state index contributed by atoms with van der Waals surface area (Å²) in [5, 5.41) is 5.56. The highest BCUT2D eigenvalue weighted by molar-refractivity contribution is 6.37. The van der Waals surface area contributed by atoms with E-state index in [1.807, 2.05) is 0 Å². The second-order valence-corrected chi connectivity index (χ2v) is 11.6. The molecule has 0 aromatic heterocycles. The zero-order valence-corrected chi connectivity index (χ0v) is 21.6. The van der Waals surface area contributed by atoms with Gasteiger partial charge in [0, 0.05) is 6.54 Å². The van der Waals surface area contributed by atoms with Crippen LogP contribution in [0.1, 0.15) is 72.1 Å². The van der Waals surface area contributed by atoms with E-state index in [-0.39, 0.29) is 41.6 Å². The van der Waals surface area contributed by atoms with Gasteiger partial charge in [0.05, 0.1) is 12.6 Å². The lowest BCUT2D eigenvalue weighted by Gasteiger charge is -2.37. The van der Waals surface area contributed by atoms with Gasteiger partial charge in [-0.15, -0.1) is 0 Å². The van der Waals surface area contributed by atoms with Crippen molar-refractivity contribution in [3.05, 3.63) is 0 Å². The van der Waals surface area contributed by atoms with Crippen molar-refractivity contribution in [3.63, 3.8) is 0 Å². The molecular weight excluding hydrogens is 464 g/mol. The number of primary amides is 1. The quantitative estimate of drug-likeness (QED) is 0.384. The SMILES string of the molecule is CCOC(=O)NC(C(=O)N1C[C@H]2[C@@H](C1C(=O)N[C@@H](CC1CC1)C(=O)C(N)=O)C2(C)C)C1CCCCC1. The van der Waals surface area contributed by atoms with Gasteiger partial charge in [-0.1, -0.05) is 46.0 Å². The first kappa shape index (κ1) is 26.4. The maximum atomic E-state index is 13.9. The highest BCUT2D eigenvalue weighted by Crippen LogP contribution is 2.65. The molecule has 2 unspecified atom stereocenters. The van der Waals surface area contributed by atoms with Gasteiger partial charge in [-0.05, 0) is 55.3 Å². The van der Waals surface area contributed by atoms with Gasteiger partial charge in [0.25, 0.3) is 5.91 Å². The van der Waals surface area contributed by atoms with Gasteiger partial charge in [0.1, 0.15) is 12.1 Å². The Balaban J connectivity index is 1.55. The molecule has 10 heteroatoms. The minimum atomic E-state index is -1.07. The molecular formula is C26H40N4O6. The number of nitrogens with two attached hydrogens (primary N) is 1. The first-order valence-corrected chi connectivity index (χ1v) is 13.4. The van der Waals surface area contributed by atoms with Gasteiger partial charge in [0.2, 0.25) is 17.6 Å². The molecule has 0 aromatic rings. The van der Waals surface area contributed by atoms with Crippen molar-refractivity contribution in [2.75, 3.05) is 13.2 Å². The lowest BCUT2D eigenvalue weighted by atomic mass is 9.83. The smallest absolute Gasteiger partial charge is 0.407 e. The topological polar surface area (TPSA) is 148 Å². The first-order valence-electron chi connectivity index (χ1n) is 13.4. The van der Waals surface area contributed by atoms with Gasteiger partial charge in [-0.2, -0.15) is 0 Å². The predicted molar refractivity (Wildman–Crippen MR) is 130 cm³/mol. The van der Waals surface area contributed by atoms with Crippen molar-refractivity contribution in [2.24, 2.45) is 34.8 Å². The molecule has 3 saturated carbocycles. The number of piperidine rings is 1. The van der Waals surface area contributed by atoms with Crippen LogP contribution in [0.25, 0.3) is 0 Å². The summed E-state index contributed by atoms with van der Waals surface area (Å²) >= 11 is 0. The van der Waals surface area contributed by atoms with E-state index in [9.17, 15) is 24.0 Å². The van der Waals surface area contributed by atoms with E-state index < -0.39 is 41.8 Å². The Morgan fingerprint density at radius 2 is 1.69 bits per heavy atom. The summed E-state index contributed by atoms with van der Waals surface area (Å²) < 4.78 is 5.08. The maximum absolute atomic E-state index is 13.9. The van der Waals surface area contributed by atoms with Gasteiger partial charge < -0.3 is 26.0 Å². The van der Waals surface area contributed by atoms with Crippen molar-refractivity contribution in [2.45, 2.75) is 90.3 Å². The van der Waals surface area contributed by atoms with Crippen molar-refractivity contribution < 1.29 is 28.7 Å². The zero-order chi connectivity index (χ0) is 26.2. The first-order chi connectivity index (χ1) is 17.1. The van der Waals surface area contributed by atoms with E-state index in [2.05, 4.69) is 24.5 Å². The van der Waals surface area contributed by atoms with E-state index in [1.165, 1.54) is 0 Å². The molecule has 36 heavy (non-hydrogen) atoms. The van der Waals surface area contributed by atoms with Gasteiger partial charge in [0.15, 0.2) is 0 Å². The number of carbonyl (C=O) groups excluding carboxylic acids is 5. The van der Waals surface area contributed by atoms with Gasteiger partial charge >= 0.3 is 6.09 Å². The molecule has 4 amide bonds. The molecule has 4 aliphatic rings. The van der Waals surface area contributed by atoms with Gasteiger partial charge in [-0.25, -0.2) is 4.79 Å². The Morgan fingerprint density at radius 3 is 2.28 bits per heavy atom. The number of likely N-dealkylation sites (tertiary alicyclic amines) is 1. The summed E-state index contributed by atoms with van der Waals surface area (Å²) in [4.78, 5) is 65.6. The number of nitrogens with one attached hydrogen (secondary N) is 2. The summed E-state index contributed by atoms with van der Waals surface area (Å²) in [6, 6.07) is -2.52. The van der Waals surface area contributed by atoms with Crippen molar-refractivity contribution in [3.8, 4) is 0 Å². The lowest BCUT2D eigenvalue weighted by molar-refractivity contribution is -0.144. The molecule has 1 aliphatic heterocycles. The molecule has 0 radical (unpaired) electrons. The molecule has 4 N–H and O–H groups in total. The maximum Gasteiger partial charge on any atom is 0.407 e. The summed E-state index contributed by atoms with van der Waals surface area (Å²) in [6.07, 6.45) is 6.35. The molecule has 200 valence electrons. The van der Waals surface area contributed by atoms with Crippen LogP contribution in [0.3, 0.4) is 0 Å². The Labute approximate surface area is 212 Å². The molecule has 10 nitrogen and oxygen atoms in total. The van der Waals surface area contributed by atoms with Crippen molar-refractivity contribution in [1.82, 2.24) is 15.5 Å². The number of Topliss-reactive ketones (excluding diaryl/α,β-unsaturated/α-hetero) is 1. The second kappa shape index (κ2) is 10.4. The standard InChI is InChI=1S/C26H40N4O6/c1-4-36-25(35)29-19(15-8-6-5-7-9-15)24(34)30-13-16-18(26(16,2)3)20(30)23(33)28-17(12-14-10-11-14)21(31)22(27)32/h14-20H,4-13H2,1-3H3,(H2,27,32)(H,28,33)(H,29,35)/t16-,17-,18-,19?,20?/m0/s1. The number of rotatable bonds is 10. The summed E-state index contributed by atoms with van der Waals surface area (Å²) in [5.41, 5.74) is 5.14. The van der Waals surface area contributed by atoms with Crippen molar-refractivity contribution >= 4 is 29.6 Å². The van der Waals surface area contributed by atoms with Crippen LogP contribution in [-0.4, -0.2) is 65.8 Å². The molecule has 0 bridgehead atoms. The number of ether oxygens (including phenoxy) is 1. The molecule has 1 saturated heterocycles. The average Bonchev–Trinajstić information content (AvgIpc) is 3.69. The molecule has 1 heterocycles. The summed E-state index contributed by atoms with van der Waals surface area (Å²) in [6.45, 7) is 6.48. The number of hydrogen-bond donors (Lipinski definition) is 3. The van der Waals surface area contributed by atoms with E-state index >= 15 is 0 Å². The Hall–Kier alpha value is -2.65. The number of ketones is 1. The van der Waals surface area contributed by atoms with Crippen LogP contribution in [0, 0.1) is 29.1 Å². The Bertz CT molecular complexity index is 910. The largest absolute Gasteiger partial charge is 0.450 e. The number of carbonyl (C=O) groups is 5. The Kier molecular flexibility index (Phi) is 7.61. The number of alkyl carbamates (subject to hydrolysis) is 1. The highest BCUT2D eigenvalue weighted by Gasteiger charge is 2.69. The fourth-order valence-electron chi connectivity index (χ4n) is 6.49. The van der Waals surface area contributed by atoms with Crippen LogP contribution < -0.4 is 16.4 Å². The molecule has 0 spiro atoms. The zero-order valence-electron chi connectivity index (χ0n) is 21.6. The normalized spacial score (nSPS) is 28.4. The number of nitrogens with zero attached hydrogens (tertiary/aromatic N) is 1. The second-order valence-electron chi connectivity index (χ2n) is 11.6. The van der Waals surface area contributed by atoms with Crippen LogP contribution in [0.4, 0.5) is 4.79 Å². The van der Waals surface area contributed by atoms with E-state index in [0.29, 0.717) is 13.0 Å². The fourth-order valence-corrected chi connectivity index (χ4v) is 6.49. The summed E-state index contributed by atoms with van der Waals surface area (Å²) in [5.74, 6) is -2.22. The molecule has 4 rings (SSSR count). The lowest BCUT2D eigenvalue weighted by Crippen LogP contribution is -2.59. The van der Waals surface area contributed by atoms with Crippen molar-refractivity contribution in [1.29, 1.82) is 0 Å². The van der Waals surface area contributed by atoms with Crippen LogP contribution >= 0.6 is 0 Å². The van der Waals surface area contributed by atoms with Crippen LogP contribution in [0.2, 0.25) is 0 Å². The number of fused-ring (bicyclic) bond motifs is 1. The molecule has 5 atom stereocenters. The third-order valence-electron chi connectivity index (χ3n) is 8.84. The number of amides is 4. The molecule has 4 fully saturated rings. The minimum absolute atomic E-state index is 0.0247. The molecule has 0 aromatic carbocycles. The van der Waals surface area contributed by atoms with Gasteiger partial charge in [-0.3, -0.25) is 19.2 Å². The Morgan fingerprint density at radius 1 is 1.03 bits per heavy atom. The van der Waals surface area contributed by atoms with E-state index in [4.69, 9.17) is 10.5 Å². The monoisotopic (exact) mass is 504 g/mol. The van der Waals surface area contributed by atoms with E-state index in [1.54, 1.807) is 11.8 Å². The summed E-state index contributed by atoms with van der Waals surface area (Å²) in [7, 11) is 0. The average molecular weight is 505 g/mol. The third-order valence-corrected chi connectivity index (χ3v) is 8.84.